The van der Waals surface area contributed by atoms with Gasteiger partial charge in [0.1, 0.15) is 5.75 Å². The molecule has 0 aliphatic carbocycles. The number of unbranched alkanes of at least 4 members (excludes halogenated alkanes) is 1. The molecule has 0 unspecified atom stereocenters. The van der Waals surface area contributed by atoms with Gasteiger partial charge >= 0.3 is 0 Å². The molecule has 0 aliphatic rings. The summed E-state index contributed by atoms with van der Waals surface area (Å²) in [6.07, 6.45) is 2.38. The van der Waals surface area contributed by atoms with Crippen LogP contribution in [-0.2, 0) is 6.54 Å². The summed E-state index contributed by atoms with van der Waals surface area (Å²) in [7, 11) is 0. The maximum Gasteiger partial charge on any atom is 0.134 e. The van der Waals surface area contributed by atoms with E-state index in [0.29, 0.717) is 5.02 Å². The van der Waals surface area contributed by atoms with Gasteiger partial charge in [-0.3, -0.25) is 0 Å². The van der Waals surface area contributed by atoms with Crippen LogP contribution in [0.1, 0.15) is 25.3 Å². The van der Waals surface area contributed by atoms with Crippen molar-refractivity contribution in [1.82, 2.24) is 5.32 Å². The molecule has 2 nitrogen and oxygen atoms in total. The van der Waals surface area contributed by atoms with E-state index >= 15 is 0 Å². The van der Waals surface area contributed by atoms with Crippen molar-refractivity contribution >= 4 is 11.6 Å². The Hall–Kier alpha value is -0.730. The average molecular weight is 214 g/mol. The molecule has 0 saturated heterocycles. The molecule has 14 heavy (non-hydrogen) atoms. The highest BCUT2D eigenvalue weighted by atomic mass is 35.5. The van der Waals surface area contributed by atoms with Crippen molar-refractivity contribution in [3.05, 3.63) is 28.8 Å². The maximum atomic E-state index is 9.20. The minimum Gasteiger partial charge on any atom is -0.506 e. The fraction of sp³-hybridized carbons (Fsp3) is 0.455. The maximum absolute atomic E-state index is 9.20. The zero-order valence-electron chi connectivity index (χ0n) is 8.39. The highest BCUT2D eigenvalue weighted by Gasteiger charge is 1.98. The van der Waals surface area contributed by atoms with Crippen LogP contribution < -0.4 is 5.32 Å². The Morgan fingerprint density at radius 1 is 1.43 bits per heavy atom. The summed E-state index contributed by atoms with van der Waals surface area (Å²) in [5, 5.41) is 12.9. The van der Waals surface area contributed by atoms with Crippen LogP contribution in [0.5, 0.6) is 5.75 Å². The molecule has 3 heteroatoms. The molecule has 0 saturated carbocycles. The summed E-state index contributed by atoms with van der Waals surface area (Å²) >= 11 is 5.78. The van der Waals surface area contributed by atoms with Gasteiger partial charge < -0.3 is 10.4 Å². The fourth-order valence-electron chi connectivity index (χ4n) is 1.19. The summed E-state index contributed by atoms with van der Waals surface area (Å²) in [6, 6.07) is 5.29. The molecule has 0 bridgehead atoms. The molecule has 0 heterocycles. The smallest absolute Gasteiger partial charge is 0.134 e. The largest absolute Gasteiger partial charge is 0.506 e. The number of aromatic hydroxyl groups is 1. The first-order valence-corrected chi connectivity index (χ1v) is 5.30. The van der Waals surface area contributed by atoms with Crippen molar-refractivity contribution in [2.45, 2.75) is 26.3 Å². The Balaban J connectivity index is 2.39. The third-order valence-electron chi connectivity index (χ3n) is 2.05. The lowest BCUT2D eigenvalue weighted by Gasteiger charge is -2.05. The predicted octanol–water partition coefficient (Wildman–Crippen LogP) is 2.94. The van der Waals surface area contributed by atoms with E-state index in [4.69, 9.17) is 11.6 Å². The molecule has 78 valence electrons. The first-order chi connectivity index (χ1) is 6.74. The van der Waals surface area contributed by atoms with Gasteiger partial charge in [-0.25, -0.2) is 0 Å². The van der Waals surface area contributed by atoms with Crippen molar-refractivity contribution in [2.75, 3.05) is 6.54 Å². The Morgan fingerprint density at radius 3 is 2.86 bits per heavy atom. The molecule has 1 aromatic rings. The van der Waals surface area contributed by atoms with Crippen molar-refractivity contribution in [3.63, 3.8) is 0 Å². The number of phenolic OH excluding ortho intramolecular Hbond substituents is 1. The van der Waals surface area contributed by atoms with Crippen molar-refractivity contribution in [2.24, 2.45) is 0 Å². The third-order valence-corrected chi connectivity index (χ3v) is 2.35. The SMILES string of the molecule is CCCCNCc1ccc(O)c(Cl)c1. The van der Waals surface area contributed by atoms with Crippen LogP contribution in [0.3, 0.4) is 0 Å². The van der Waals surface area contributed by atoms with Crippen LogP contribution in [0.25, 0.3) is 0 Å². The molecule has 0 spiro atoms. The molecule has 0 atom stereocenters. The third kappa shape index (κ3) is 3.56. The van der Waals surface area contributed by atoms with E-state index in [0.717, 1.165) is 18.7 Å². The normalized spacial score (nSPS) is 10.4. The number of hydrogen-bond donors (Lipinski definition) is 2. The van der Waals surface area contributed by atoms with E-state index in [9.17, 15) is 5.11 Å². The molecular formula is C11H16ClNO. The van der Waals surface area contributed by atoms with Crippen molar-refractivity contribution in [1.29, 1.82) is 0 Å². The molecule has 0 amide bonds. The lowest BCUT2D eigenvalue weighted by Crippen LogP contribution is -2.14. The Labute approximate surface area is 89.9 Å². The Kier molecular flexibility index (Phi) is 4.77. The summed E-state index contributed by atoms with van der Waals surface area (Å²) in [5.41, 5.74) is 1.10. The lowest BCUT2D eigenvalue weighted by atomic mass is 10.2. The zero-order valence-corrected chi connectivity index (χ0v) is 9.14. The first kappa shape index (κ1) is 11.3. The van der Waals surface area contributed by atoms with Crippen molar-refractivity contribution in [3.8, 4) is 5.75 Å². The molecule has 2 N–H and O–H groups in total. The first-order valence-electron chi connectivity index (χ1n) is 4.92. The molecule has 0 radical (unpaired) electrons. The number of halogens is 1. The highest BCUT2D eigenvalue weighted by molar-refractivity contribution is 6.32. The summed E-state index contributed by atoms with van der Waals surface area (Å²) in [4.78, 5) is 0. The van der Waals surface area contributed by atoms with E-state index in [2.05, 4.69) is 12.2 Å². The highest BCUT2D eigenvalue weighted by Crippen LogP contribution is 2.23. The van der Waals surface area contributed by atoms with Gasteiger partial charge in [0.25, 0.3) is 0 Å². The minimum atomic E-state index is 0.143. The van der Waals surface area contributed by atoms with Crippen LogP contribution in [0.4, 0.5) is 0 Å². The number of nitrogens with one attached hydrogen (secondary N) is 1. The lowest BCUT2D eigenvalue weighted by molar-refractivity contribution is 0.475. The molecule has 1 rings (SSSR count). The quantitative estimate of drug-likeness (QED) is 0.738. The van der Waals surface area contributed by atoms with E-state index < -0.39 is 0 Å². The summed E-state index contributed by atoms with van der Waals surface area (Å²) in [5.74, 6) is 0.143. The molecule has 0 aliphatic heterocycles. The Morgan fingerprint density at radius 2 is 2.21 bits per heavy atom. The van der Waals surface area contributed by atoms with E-state index in [1.807, 2.05) is 6.07 Å². The van der Waals surface area contributed by atoms with Crippen LogP contribution >= 0.6 is 11.6 Å². The molecular weight excluding hydrogens is 198 g/mol. The minimum absolute atomic E-state index is 0.143. The van der Waals surface area contributed by atoms with Gasteiger partial charge in [0.15, 0.2) is 0 Å². The van der Waals surface area contributed by atoms with Crippen LogP contribution in [-0.4, -0.2) is 11.7 Å². The predicted molar refractivity (Wildman–Crippen MR) is 59.7 cm³/mol. The number of rotatable bonds is 5. The van der Waals surface area contributed by atoms with Gasteiger partial charge in [-0.05, 0) is 30.7 Å². The van der Waals surface area contributed by atoms with E-state index in [1.165, 1.54) is 12.8 Å². The standard InChI is InChI=1S/C11H16ClNO/c1-2-3-6-13-8-9-4-5-11(14)10(12)7-9/h4-5,7,13-14H,2-3,6,8H2,1H3. The van der Waals surface area contributed by atoms with E-state index in [1.54, 1.807) is 12.1 Å². The second-order valence-electron chi connectivity index (χ2n) is 3.32. The van der Waals surface area contributed by atoms with Crippen molar-refractivity contribution < 1.29 is 5.11 Å². The molecule has 0 aromatic heterocycles. The summed E-state index contributed by atoms with van der Waals surface area (Å²) < 4.78 is 0. The van der Waals surface area contributed by atoms with Gasteiger partial charge in [0.2, 0.25) is 0 Å². The van der Waals surface area contributed by atoms with Gasteiger partial charge in [-0.2, -0.15) is 0 Å². The molecule has 1 aromatic carbocycles. The molecule has 0 fully saturated rings. The summed E-state index contributed by atoms with van der Waals surface area (Å²) in [6.45, 7) is 3.99. The monoisotopic (exact) mass is 213 g/mol. The Bertz CT molecular complexity index is 289. The number of hydrogen-bond acceptors (Lipinski definition) is 2. The van der Waals surface area contributed by atoms with Crippen LogP contribution in [0.15, 0.2) is 18.2 Å². The topological polar surface area (TPSA) is 32.3 Å². The average Bonchev–Trinajstić information content (AvgIpc) is 2.18. The van der Waals surface area contributed by atoms with Gasteiger partial charge in [0, 0.05) is 6.54 Å². The number of phenols is 1. The van der Waals surface area contributed by atoms with Crippen LogP contribution in [0, 0.1) is 0 Å². The van der Waals surface area contributed by atoms with Gasteiger partial charge in [-0.1, -0.05) is 31.0 Å². The van der Waals surface area contributed by atoms with Gasteiger partial charge in [-0.15, -0.1) is 0 Å². The van der Waals surface area contributed by atoms with Gasteiger partial charge in [0.05, 0.1) is 5.02 Å². The zero-order chi connectivity index (χ0) is 10.4. The number of benzene rings is 1. The fourth-order valence-corrected chi connectivity index (χ4v) is 1.40. The van der Waals surface area contributed by atoms with Crippen LogP contribution in [0.2, 0.25) is 5.02 Å². The second-order valence-corrected chi connectivity index (χ2v) is 3.72. The van der Waals surface area contributed by atoms with E-state index in [-0.39, 0.29) is 5.75 Å². The second kappa shape index (κ2) is 5.89.